The minimum Gasteiger partial charge on any atom is -0.444 e. The van der Waals surface area contributed by atoms with Crippen molar-refractivity contribution in [3.63, 3.8) is 0 Å². The van der Waals surface area contributed by atoms with Gasteiger partial charge in [-0.05, 0) is 46.0 Å². The molecule has 0 aromatic carbocycles. The monoisotopic (exact) mass is 327 g/mol. The smallest absolute Gasteiger partial charge is 0.410 e. The molecule has 0 aromatic rings. The van der Waals surface area contributed by atoms with Gasteiger partial charge in [-0.25, -0.2) is 4.79 Å². The Labute approximate surface area is 140 Å². The highest BCUT2D eigenvalue weighted by Crippen LogP contribution is 2.38. The number of aliphatic hydroxyl groups is 1. The Bertz CT molecular complexity index is 402. The van der Waals surface area contributed by atoms with Crippen LogP contribution in [0.15, 0.2) is 0 Å². The van der Waals surface area contributed by atoms with Crippen molar-refractivity contribution in [2.75, 3.05) is 13.2 Å². The highest BCUT2D eigenvalue weighted by molar-refractivity contribution is 5.69. The first-order valence-electron chi connectivity index (χ1n) is 8.91. The SMILES string of the molecule is CC(C)CCCC1(O)CC2COCC(C1)N2C(=O)OC(C)(C)C. The molecule has 0 spiro atoms. The van der Waals surface area contributed by atoms with Crippen LogP contribution in [0.5, 0.6) is 0 Å². The lowest BCUT2D eigenvalue weighted by atomic mass is 9.78. The topological polar surface area (TPSA) is 59.0 Å². The van der Waals surface area contributed by atoms with Crippen molar-refractivity contribution in [2.45, 2.75) is 90.0 Å². The van der Waals surface area contributed by atoms with Gasteiger partial charge in [0.15, 0.2) is 0 Å². The van der Waals surface area contributed by atoms with Gasteiger partial charge < -0.3 is 14.6 Å². The molecule has 134 valence electrons. The second-order valence-electron chi connectivity index (χ2n) is 8.65. The van der Waals surface area contributed by atoms with Crippen LogP contribution in [0.3, 0.4) is 0 Å². The van der Waals surface area contributed by atoms with E-state index in [0.29, 0.717) is 32.0 Å². The fourth-order valence-corrected chi connectivity index (χ4v) is 3.73. The summed E-state index contributed by atoms with van der Waals surface area (Å²) in [4.78, 5) is 14.3. The molecular weight excluding hydrogens is 294 g/mol. The van der Waals surface area contributed by atoms with Crippen molar-refractivity contribution in [3.8, 4) is 0 Å². The summed E-state index contributed by atoms with van der Waals surface area (Å²) in [7, 11) is 0. The third-order valence-corrected chi connectivity index (χ3v) is 4.67. The Morgan fingerprint density at radius 2 is 1.87 bits per heavy atom. The Balaban J connectivity index is 2.01. The first kappa shape index (κ1) is 18.5. The van der Waals surface area contributed by atoms with E-state index in [1.165, 1.54) is 0 Å². The van der Waals surface area contributed by atoms with Crippen LogP contribution in [-0.4, -0.2) is 52.6 Å². The number of hydrogen-bond acceptors (Lipinski definition) is 4. The van der Waals surface area contributed by atoms with E-state index >= 15 is 0 Å². The van der Waals surface area contributed by atoms with Gasteiger partial charge in [0.1, 0.15) is 5.60 Å². The number of piperidine rings is 1. The van der Waals surface area contributed by atoms with E-state index in [0.717, 1.165) is 19.3 Å². The number of ether oxygens (including phenoxy) is 2. The Hall–Kier alpha value is -0.810. The highest BCUT2D eigenvalue weighted by atomic mass is 16.6. The lowest BCUT2D eigenvalue weighted by Crippen LogP contribution is -2.64. The van der Waals surface area contributed by atoms with E-state index in [-0.39, 0.29) is 18.2 Å². The maximum Gasteiger partial charge on any atom is 0.410 e. The summed E-state index contributed by atoms with van der Waals surface area (Å²) in [5.74, 6) is 0.656. The third-order valence-electron chi connectivity index (χ3n) is 4.67. The zero-order valence-corrected chi connectivity index (χ0v) is 15.3. The van der Waals surface area contributed by atoms with E-state index < -0.39 is 11.2 Å². The molecule has 2 saturated heterocycles. The van der Waals surface area contributed by atoms with Crippen LogP contribution in [-0.2, 0) is 9.47 Å². The molecule has 5 nitrogen and oxygen atoms in total. The first-order chi connectivity index (χ1) is 10.6. The summed E-state index contributed by atoms with van der Waals surface area (Å²) in [5.41, 5.74) is -1.18. The van der Waals surface area contributed by atoms with Crippen molar-refractivity contribution in [1.82, 2.24) is 4.90 Å². The predicted octanol–water partition coefficient (Wildman–Crippen LogP) is 3.34. The maximum absolute atomic E-state index is 12.5. The molecule has 2 atom stereocenters. The second kappa shape index (κ2) is 6.98. The predicted molar refractivity (Wildman–Crippen MR) is 89.3 cm³/mol. The quantitative estimate of drug-likeness (QED) is 0.860. The van der Waals surface area contributed by atoms with Crippen molar-refractivity contribution >= 4 is 6.09 Å². The van der Waals surface area contributed by atoms with Crippen molar-refractivity contribution in [1.29, 1.82) is 0 Å². The van der Waals surface area contributed by atoms with Gasteiger partial charge in [0.25, 0.3) is 0 Å². The number of hydrogen-bond donors (Lipinski definition) is 1. The van der Waals surface area contributed by atoms with Gasteiger partial charge >= 0.3 is 6.09 Å². The fraction of sp³-hybridized carbons (Fsp3) is 0.944. The van der Waals surface area contributed by atoms with E-state index in [1.807, 2.05) is 25.7 Å². The molecule has 2 aliphatic rings. The number of carbonyl (C=O) groups excluding carboxylic acids is 1. The summed E-state index contributed by atoms with van der Waals surface area (Å²) in [5, 5.41) is 11.0. The van der Waals surface area contributed by atoms with Crippen LogP contribution in [0.25, 0.3) is 0 Å². The van der Waals surface area contributed by atoms with Crippen molar-refractivity contribution in [3.05, 3.63) is 0 Å². The van der Waals surface area contributed by atoms with Crippen LogP contribution in [0.1, 0.15) is 66.7 Å². The molecule has 0 saturated carbocycles. The van der Waals surface area contributed by atoms with Crippen LogP contribution in [0.4, 0.5) is 4.79 Å². The lowest BCUT2D eigenvalue weighted by molar-refractivity contribution is -0.140. The Morgan fingerprint density at radius 1 is 1.30 bits per heavy atom. The van der Waals surface area contributed by atoms with E-state index in [4.69, 9.17) is 9.47 Å². The molecule has 2 fully saturated rings. The molecule has 5 heteroatoms. The van der Waals surface area contributed by atoms with E-state index in [2.05, 4.69) is 13.8 Å². The molecule has 2 heterocycles. The number of amides is 1. The average molecular weight is 327 g/mol. The zero-order valence-electron chi connectivity index (χ0n) is 15.3. The van der Waals surface area contributed by atoms with E-state index in [1.54, 1.807) is 0 Å². The molecule has 2 bridgehead atoms. The lowest BCUT2D eigenvalue weighted by Gasteiger charge is -2.51. The first-order valence-corrected chi connectivity index (χ1v) is 8.91. The minimum absolute atomic E-state index is 0.0820. The molecule has 0 radical (unpaired) electrons. The van der Waals surface area contributed by atoms with Gasteiger partial charge in [-0.2, -0.15) is 0 Å². The average Bonchev–Trinajstić information content (AvgIpc) is 2.34. The molecule has 2 aliphatic heterocycles. The maximum atomic E-state index is 12.5. The Kier molecular flexibility index (Phi) is 5.62. The van der Waals surface area contributed by atoms with Gasteiger partial charge in [0, 0.05) is 0 Å². The molecule has 0 aromatic heterocycles. The molecule has 1 amide bonds. The molecule has 23 heavy (non-hydrogen) atoms. The summed E-state index contributed by atoms with van der Waals surface area (Å²) < 4.78 is 11.2. The number of nitrogens with zero attached hydrogens (tertiary/aromatic N) is 1. The van der Waals surface area contributed by atoms with Crippen LogP contribution >= 0.6 is 0 Å². The summed E-state index contributed by atoms with van der Waals surface area (Å²) in [6.45, 7) is 11.0. The normalized spacial score (nSPS) is 31.3. The minimum atomic E-state index is -0.674. The van der Waals surface area contributed by atoms with Gasteiger partial charge in [-0.3, -0.25) is 4.90 Å². The molecule has 0 aliphatic carbocycles. The number of carbonyl (C=O) groups is 1. The summed E-state index contributed by atoms with van der Waals surface area (Å²) in [6.07, 6.45) is 3.85. The number of morpholine rings is 1. The summed E-state index contributed by atoms with van der Waals surface area (Å²) >= 11 is 0. The third kappa shape index (κ3) is 5.08. The molecule has 2 unspecified atom stereocenters. The van der Waals surface area contributed by atoms with Crippen LogP contribution in [0, 0.1) is 5.92 Å². The number of rotatable bonds is 4. The summed E-state index contributed by atoms with van der Waals surface area (Å²) in [6, 6.07) is -0.164. The van der Waals surface area contributed by atoms with Crippen LogP contribution in [0.2, 0.25) is 0 Å². The molecule has 2 rings (SSSR count). The highest BCUT2D eigenvalue weighted by Gasteiger charge is 2.48. The molecular formula is C18H33NO4. The standard InChI is InChI=1S/C18H33NO4/c1-13(2)7-6-8-18(21)9-14-11-22-12-15(10-18)19(14)16(20)23-17(3,4)5/h13-15,21H,6-12H2,1-5H3. The number of fused-ring (bicyclic) bond motifs is 2. The van der Waals surface area contributed by atoms with Crippen molar-refractivity contribution < 1.29 is 19.4 Å². The van der Waals surface area contributed by atoms with Gasteiger partial charge in [-0.15, -0.1) is 0 Å². The fourth-order valence-electron chi connectivity index (χ4n) is 3.73. The van der Waals surface area contributed by atoms with Crippen molar-refractivity contribution in [2.24, 2.45) is 5.92 Å². The Morgan fingerprint density at radius 3 is 2.35 bits per heavy atom. The molecule has 1 N–H and O–H groups in total. The largest absolute Gasteiger partial charge is 0.444 e. The van der Waals surface area contributed by atoms with Gasteiger partial charge in [0.05, 0.1) is 30.9 Å². The van der Waals surface area contributed by atoms with Gasteiger partial charge in [-0.1, -0.05) is 26.7 Å². The van der Waals surface area contributed by atoms with Gasteiger partial charge in [0.2, 0.25) is 0 Å². The van der Waals surface area contributed by atoms with Crippen LogP contribution < -0.4 is 0 Å². The second-order valence-corrected chi connectivity index (χ2v) is 8.65. The zero-order chi connectivity index (χ0) is 17.3. The van der Waals surface area contributed by atoms with E-state index in [9.17, 15) is 9.90 Å².